The average molecular weight is 252 g/mol. The summed E-state index contributed by atoms with van der Waals surface area (Å²) in [4.78, 5) is 0.764. The maximum atomic E-state index is 12.4. The summed E-state index contributed by atoms with van der Waals surface area (Å²) in [6, 6.07) is 6.83. The van der Waals surface area contributed by atoms with Gasteiger partial charge < -0.3 is 0 Å². The smallest absolute Gasteiger partial charge is 0.166 e. The molecule has 0 atom stereocenters. The third-order valence-corrected chi connectivity index (χ3v) is 3.15. The summed E-state index contributed by atoms with van der Waals surface area (Å²) >= 11 is 1.40. The number of terminal acetylenes is 1. The lowest BCUT2D eigenvalue weighted by Crippen LogP contribution is -2.03. The molecule has 0 aliphatic heterocycles. The number of thiophene rings is 1. The number of hydrogen-bond donors (Lipinski definition) is 0. The summed E-state index contributed by atoms with van der Waals surface area (Å²) in [7, 11) is 0. The lowest BCUT2D eigenvalue weighted by molar-refractivity contribution is -0.137. The van der Waals surface area contributed by atoms with Gasteiger partial charge in [0.05, 0.1) is 10.4 Å². The predicted molar refractivity (Wildman–Crippen MR) is 62.7 cm³/mol. The molecule has 0 aliphatic carbocycles. The van der Waals surface area contributed by atoms with Gasteiger partial charge >= 0.3 is 6.18 Å². The van der Waals surface area contributed by atoms with E-state index in [1.54, 1.807) is 6.07 Å². The van der Waals surface area contributed by atoms with Crippen molar-refractivity contribution in [1.82, 2.24) is 0 Å². The van der Waals surface area contributed by atoms with Gasteiger partial charge in [-0.2, -0.15) is 13.2 Å². The molecule has 2 rings (SSSR count). The van der Waals surface area contributed by atoms with Crippen molar-refractivity contribution in [2.24, 2.45) is 0 Å². The van der Waals surface area contributed by atoms with Crippen molar-refractivity contribution in [3.05, 3.63) is 46.2 Å². The fraction of sp³-hybridized carbons (Fsp3) is 0.0769. The monoisotopic (exact) mass is 252 g/mol. The van der Waals surface area contributed by atoms with Crippen molar-refractivity contribution < 1.29 is 13.2 Å². The van der Waals surface area contributed by atoms with Crippen LogP contribution in [-0.4, -0.2) is 0 Å². The molecule has 1 aromatic heterocycles. The molecule has 1 heterocycles. The molecule has 0 saturated heterocycles. The zero-order valence-electron chi connectivity index (χ0n) is 8.58. The first-order valence-electron chi connectivity index (χ1n) is 4.73. The van der Waals surface area contributed by atoms with Gasteiger partial charge in [0.2, 0.25) is 0 Å². The Kier molecular flexibility index (Phi) is 2.95. The van der Waals surface area contributed by atoms with E-state index in [-0.39, 0.29) is 0 Å². The number of alkyl halides is 3. The van der Waals surface area contributed by atoms with Crippen LogP contribution in [-0.2, 0) is 6.18 Å². The Hall–Kier alpha value is -1.73. The minimum absolute atomic E-state index is 0.645. The molecule has 0 radical (unpaired) electrons. The third kappa shape index (κ3) is 2.51. The lowest BCUT2D eigenvalue weighted by atomic mass is 10.1. The van der Waals surface area contributed by atoms with Crippen molar-refractivity contribution in [1.29, 1.82) is 0 Å². The van der Waals surface area contributed by atoms with Crippen molar-refractivity contribution in [2.45, 2.75) is 6.18 Å². The minimum atomic E-state index is -4.29. The van der Waals surface area contributed by atoms with Gasteiger partial charge in [0.15, 0.2) is 0 Å². The number of benzene rings is 1. The van der Waals surface area contributed by atoms with E-state index in [1.807, 2.05) is 5.38 Å². The second kappa shape index (κ2) is 4.27. The molecule has 4 heteroatoms. The summed E-state index contributed by atoms with van der Waals surface area (Å²) < 4.78 is 37.1. The van der Waals surface area contributed by atoms with Crippen molar-refractivity contribution in [3.8, 4) is 23.5 Å². The van der Waals surface area contributed by atoms with Gasteiger partial charge in [-0.1, -0.05) is 18.1 Å². The topological polar surface area (TPSA) is 0 Å². The molecule has 0 saturated carbocycles. The van der Waals surface area contributed by atoms with Crippen LogP contribution in [0.2, 0.25) is 0 Å². The molecular weight excluding hydrogens is 245 g/mol. The highest BCUT2D eigenvalue weighted by molar-refractivity contribution is 7.11. The summed E-state index contributed by atoms with van der Waals surface area (Å²) in [5, 5.41) is 1.83. The van der Waals surface area contributed by atoms with E-state index in [0.29, 0.717) is 0 Å². The first kappa shape index (κ1) is 11.7. The normalized spacial score (nSPS) is 11.2. The maximum Gasteiger partial charge on any atom is 0.416 e. The Morgan fingerprint density at radius 3 is 2.18 bits per heavy atom. The van der Waals surface area contributed by atoms with Crippen molar-refractivity contribution in [3.63, 3.8) is 0 Å². The summed E-state index contributed by atoms with van der Waals surface area (Å²) in [5.41, 5.74) is 0.932. The Bertz CT molecular complexity index is 556. The maximum absolute atomic E-state index is 12.4. The van der Waals surface area contributed by atoms with Crippen molar-refractivity contribution in [2.75, 3.05) is 0 Å². The fourth-order valence-electron chi connectivity index (χ4n) is 1.41. The van der Waals surface area contributed by atoms with Crippen LogP contribution in [0.25, 0.3) is 11.1 Å². The summed E-state index contributed by atoms with van der Waals surface area (Å²) in [6.45, 7) is 0. The summed E-state index contributed by atoms with van der Waals surface area (Å²) in [6.07, 6.45) is 0.940. The fourth-order valence-corrected chi connectivity index (χ4v) is 2.14. The van der Waals surface area contributed by atoms with Crippen LogP contribution in [0.15, 0.2) is 35.7 Å². The first-order chi connectivity index (χ1) is 8.00. The van der Waals surface area contributed by atoms with Gasteiger partial charge in [0.1, 0.15) is 0 Å². The molecule has 1 aromatic carbocycles. The van der Waals surface area contributed by atoms with E-state index in [0.717, 1.165) is 28.1 Å². The third-order valence-electron chi connectivity index (χ3n) is 2.29. The predicted octanol–water partition coefficient (Wildman–Crippen LogP) is 4.42. The Balaban J connectivity index is 2.33. The van der Waals surface area contributed by atoms with Gasteiger partial charge in [-0.25, -0.2) is 0 Å². The zero-order chi connectivity index (χ0) is 12.5. The molecular formula is C13H7F3S. The molecule has 0 aliphatic rings. The molecule has 0 fully saturated rings. The van der Waals surface area contributed by atoms with Crippen LogP contribution < -0.4 is 0 Å². The van der Waals surface area contributed by atoms with E-state index in [9.17, 15) is 13.2 Å². The highest BCUT2D eigenvalue weighted by Gasteiger charge is 2.29. The second-order valence-electron chi connectivity index (χ2n) is 3.42. The van der Waals surface area contributed by atoms with E-state index in [4.69, 9.17) is 6.42 Å². The molecule has 0 N–H and O–H groups in total. The number of halogens is 3. The first-order valence-corrected chi connectivity index (χ1v) is 5.61. The van der Waals surface area contributed by atoms with Crippen LogP contribution >= 0.6 is 11.3 Å². The van der Waals surface area contributed by atoms with Gasteiger partial charge in [0, 0.05) is 0 Å². The van der Waals surface area contributed by atoms with Crippen LogP contribution in [0.3, 0.4) is 0 Å². The molecule has 0 amide bonds. The molecule has 0 nitrogen and oxygen atoms in total. The van der Waals surface area contributed by atoms with Crippen LogP contribution in [0, 0.1) is 12.3 Å². The molecule has 0 bridgehead atoms. The van der Waals surface area contributed by atoms with Crippen LogP contribution in [0.1, 0.15) is 10.4 Å². The highest BCUT2D eigenvalue weighted by Crippen LogP contribution is 2.31. The lowest BCUT2D eigenvalue weighted by Gasteiger charge is -2.06. The SMILES string of the molecule is C#Cc1cc(-c2ccc(C(F)(F)F)cc2)cs1. The summed E-state index contributed by atoms with van der Waals surface area (Å²) in [5.74, 6) is 2.49. The number of hydrogen-bond acceptors (Lipinski definition) is 1. The molecule has 0 unspecified atom stereocenters. The van der Waals surface area contributed by atoms with E-state index < -0.39 is 11.7 Å². The van der Waals surface area contributed by atoms with E-state index in [1.165, 1.54) is 23.5 Å². The quantitative estimate of drug-likeness (QED) is 0.659. The van der Waals surface area contributed by atoms with Crippen LogP contribution in [0.4, 0.5) is 13.2 Å². The molecule has 2 aromatic rings. The van der Waals surface area contributed by atoms with Gasteiger partial charge in [-0.05, 0) is 34.7 Å². The average Bonchev–Trinajstić information content (AvgIpc) is 2.76. The number of rotatable bonds is 1. The van der Waals surface area contributed by atoms with Gasteiger partial charge in [-0.15, -0.1) is 17.8 Å². The molecule has 0 spiro atoms. The minimum Gasteiger partial charge on any atom is -0.166 e. The highest BCUT2D eigenvalue weighted by atomic mass is 32.1. The molecule has 17 heavy (non-hydrogen) atoms. The van der Waals surface area contributed by atoms with Crippen molar-refractivity contribution >= 4 is 11.3 Å². The van der Waals surface area contributed by atoms with Crippen LogP contribution in [0.5, 0.6) is 0 Å². The Morgan fingerprint density at radius 1 is 1.06 bits per heavy atom. The van der Waals surface area contributed by atoms with Gasteiger partial charge in [0.25, 0.3) is 0 Å². The largest absolute Gasteiger partial charge is 0.416 e. The van der Waals surface area contributed by atoms with Gasteiger partial charge in [-0.3, -0.25) is 0 Å². The zero-order valence-corrected chi connectivity index (χ0v) is 9.40. The molecule has 86 valence electrons. The Labute approximate surface area is 101 Å². The Morgan fingerprint density at radius 2 is 1.71 bits per heavy atom. The second-order valence-corrected chi connectivity index (χ2v) is 4.33. The van der Waals surface area contributed by atoms with E-state index in [2.05, 4.69) is 5.92 Å². The standard InChI is InChI=1S/C13H7F3S/c1-2-12-7-10(8-17-12)9-3-5-11(6-4-9)13(14,15)16/h1,3-8H. The van der Waals surface area contributed by atoms with E-state index >= 15 is 0 Å².